The van der Waals surface area contributed by atoms with Crippen molar-refractivity contribution in [2.24, 2.45) is 5.92 Å². The van der Waals surface area contributed by atoms with Gasteiger partial charge in [0.25, 0.3) is 0 Å². The Kier molecular flexibility index (Phi) is 7.38. The fourth-order valence-electron chi connectivity index (χ4n) is 4.05. The Morgan fingerprint density at radius 1 is 1.10 bits per heavy atom. The molecule has 0 atom stereocenters. The molecule has 0 spiro atoms. The highest BCUT2D eigenvalue weighted by Gasteiger charge is 2.18. The van der Waals surface area contributed by atoms with Crippen LogP contribution in [0.4, 0.5) is 5.82 Å². The second-order valence-electron chi connectivity index (χ2n) is 7.53. The maximum absolute atomic E-state index is 12.4. The van der Waals surface area contributed by atoms with Crippen molar-refractivity contribution in [3.63, 3.8) is 0 Å². The maximum Gasteiger partial charge on any atom is 0.225 e. The van der Waals surface area contributed by atoms with Crippen LogP contribution in [-0.4, -0.2) is 37.4 Å². The number of anilines is 1. The molecular formula is C22H31N3O4. The average Bonchev–Trinajstić information content (AvgIpc) is 3.18. The van der Waals surface area contributed by atoms with Gasteiger partial charge in [0, 0.05) is 18.2 Å². The Balaban J connectivity index is 1.55. The molecule has 1 saturated carbocycles. The van der Waals surface area contributed by atoms with E-state index in [4.69, 9.17) is 14.2 Å². The lowest BCUT2D eigenvalue weighted by Crippen LogP contribution is -2.13. The lowest BCUT2D eigenvalue weighted by molar-refractivity contribution is -0.116. The van der Waals surface area contributed by atoms with Crippen LogP contribution in [0, 0.1) is 5.92 Å². The number of hydrogen-bond acceptors (Lipinski definition) is 5. The summed E-state index contributed by atoms with van der Waals surface area (Å²) >= 11 is 0. The van der Waals surface area contributed by atoms with Gasteiger partial charge in [-0.3, -0.25) is 9.89 Å². The number of nitrogens with zero attached hydrogens (tertiary/aromatic N) is 1. The summed E-state index contributed by atoms with van der Waals surface area (Å²) in [6.07, 6.45) is 8.41. The molecule has 1 aliphatic carbocycles. The number of aryl methyl sites for hydroxylation is 1. The summed E-state index contributed by atoms with van der Waals surface area (Å²) in [5.41, 5.74) is 1.98. The number of carbonyl (C=O) groups excluding carboxylic acids is 1. The van der Waals surface area contributed by atoms with Gasteiger partial charge in [-0.25, -0.2) is 0 Å². The molecule has 7 heteroatoms. The van der Waals surface area contributed by atoms with Crippen molar-refractivity contribution in [3.8, 4) is 17.2 Å². The third-order valence-corrected chi connectivity index (χ3v) is 5.54. The van der Waals surface area contributed by atoms with Crippen LogP contribution in [0.1, 0.15) is 49.8 Å². The highest BCUT2D eigenvalue weighted by atomic mass is 16.5. The van der Waals surface area contributed by atoms with Gasteiger partial charge in [0.1, 0.15) is 0 Å². The monoisotopic (exact) mass is 401 g/mol. The number of methoxy groups -OCH3 is 3. The van der Waals surface area contributed by atoms with Crippen LogP contribution in [0.25, 0.3) is 0 Å². The second-order valence-corrected chi connectivity index (χ2v) is 7.53. The molecule has 1 aromatic carbocycles. The van der Waals surface area contributed by atoms with Crippen LogP contribution in [-0.2, 0) is 17.6 Å². The standard InChI is InChI=1S/C22H31N3O4/c1-27-18-11-9-16(21(28-2)22(18)29-3)10-12-20(26)23-19-14-17(24-25-19)13-15-7-5-4-6-8-15/h9,11,14-15H,4-8,10,12-13H2,1-3H3,(H2,23,24,25,26). The molecule has 1 aliphatic rings. The van der Waals surface area contributed by atoms with Crippen molar-refractivity contribution in [3.05, 3.63) is 29.5 Å². The fraction of sp³-hybridized carbons (Fsp3) is 0.545. The molecule has 0 radical (unpaired) electrons. The second kappa shape index (κ2) is 10.2. The predicted octanol–water partition coefficient (Wildman–Crippen LogP) is 4.13. The molecule has 0 bridgehead atoms. The summed E-state index contributed by atoms with van der Waals surface area (Å²) < 4.78 is 16.2. The average molecular weight is 402 g/mol. The molecule has 0 saturated heterocycles. The van der Waals surface area contributed by atoms with E-state index in [0.717, 1.165) is 23.6 Å². The Morgan fingerprint density at radius 2 is 1.86 bits per heavy atom. The summed E-state index contributed by atoms with van der Waals surface area (Å²) in [4.78, 5) is 12.4. The number of carbonyl (C=O) groups is 1. The van der Waals surface area contributed by atoms with Gasteiger partial charge in [0.2, 0.25) is 11.7 Å². The number of nitrogens with one attached hydrogen (secondary N) is 2. The minimum Gasteiger partial charge on any atom is -0.493 e. The van der Waals surface area contributed by atoms with Crippen molar-refractivity contribution < 1.29 is 19.0 Å². The van der Waals surface area contributed by atoms with Crippen LogP contribution < -0.4 is 19.5 Å². The first-order chi connectivity index (χ1) is 14.1. The topological polar surface area (TPSA) is 85.5 Å². The Morgan fingerprint density at radius 3 is 2.55 bits per heavy atom. The van der Waals surface area contributed by atoms with Gasteiger partial charge in [-0.05, 0) is 30.4 Å². The number of amides is 1. The SMILES string of the molecule is COc1ccc(CCC(=O)Nc2cc(CC3CCCCC3)[nH]n2)c(OC)c1OC. The third kappa shape index (κ3) is 5.43. The van der Waals surface area contributed by atoms with Crippen molar-refractivity contribution in [2.75, 3.05) is 26.6 Å². The first kappa shape index (κ1) is 21.0. The van der Waals surface area contributed by atoms with Crippen molar-refractivity contribution in [2.45, 2.75) is 51.4 Å². The molecule has 1 fully saturated rings. The molecule has 1 aromatic heterocycles. The van der Waals surface area contributed by atoms with Crippen LogP contribution >= 0.6 is 0 Å². The number of rotatable bonds is 9. The fourth-order valence-corrected chi connectivity index (χ4v) is 4.05. The highest BCUT2D eigenvalue weighted by Crippen LogP contribution is 2.40. The maximum atomic E-state index is 12.4. The molecule has 1 heterocycles. The minimum absolute atomic E-state index is 0.0856. The molecule has 2 N–H and O–H groups in total. The number of H-pyrrole nitrogens is 1. The summed E-state index contributed by atoms with van der Waals surface area (Å²) in [5.74, 6) is 2.95. The highest BCUT2D eigenvalue weighted by molar-refractivity contribution is 5.90. The van der Waals surface area contributed by atoms with Crippen molar-refractivity contribution in [1.82, 2.24) is 10.2 Å². The lowest BCUT2D eigenvalue weighted by Gasteiger charge is -2.20. The zero-order valence-electron chi connectivity index (χ0n) is 17.5. The summed E-state index contributed by atoms with van der Waals surface area (Å²) in [7, 11) is 4.73. The van der Waals surface area contributed by atoms with Gasteiger partial charge in [-0.15, -0.1) is 0 Å². The number of aromatic amines is 1. The Hall–Kier alpha value is -2.70. The quantitative estimate of drug-likeness (QED) is 0.660. The zero-order chi connectivity index (χ0) is 20.6. The normalized spacial score (nSPS) is 14.4. The van der Waals surface area contributed by atoms with E-state index < -0.39 is 0 Å². The molecule has 0 aliphatic heterocycles. The molecule has 29 heavy (non-hydrogen) atoms. The van der Waals surface area contributed by atoms with E-state index in [1.165, 1.54) is 32.1 Å². The van der Waals surface area contributed by atoms with Crippen LogP contribution in [0.15, 0.2) is 18.2 Å². The van der Waals surface area contributed by atoms with E-state index in [1.807, 2.05) is 18.2 Å². The third-order valence-electron chi connectivity index (χ3n) is 5.54. The van der Waals surface area contributed by atoms with Crippen LogP contribution in [0.5, 0.6) is 17.2 Å². The Labute approximate surface area is 172 Å². The lowest BCUT2D eigenvalue weighted by atomic mass is 9.86. The minimum atomic E-state index is -0.0856. The van der Waals surface area contributed by atoms with Gasteiger partial charge in [-0.2, -0.15) is 5.10 Å². The van der Waals surface area contributed by atoms with Crippen LogP contribution in [0.2, 0.25) is 0 Å². The van der Waals surface area contributed by atoms with E-state index in [0.29, 0.717) is 35.9 Å². The van der Waals surface area contributed by atoms with Gasteiger partial charge in [0.05, 0.1) is 21.3 Å². The summed E-state index contributed by atoms with van der Waals surface area (Å²) in [5, 5.41) is 10.2. The first-order valence-electron chi connectivity index (χ1n) is 10.3. The van der Waals surface area contributed by atoms with Crippen LogP contribution in [0.3, 0.4) is 0 Å². The Bertz CT molecular complexity index is 812. The zero-order valence-corrected chi connectivity index (χ0v) is 17.5. The number of ether oxygens (including phenoxy) is 3. The molecule has 1 amide bonds. The van der Waals surface area contributed by atoms with E-state index in [9.17, 15) is 4.79 Å². The molecule has 158 valence electrons. The molecule has 7 nitrogen and oxygen atoms in total. The van der Waals surface area contributed by atoms with Gasteiger partial charge in [0.15, 0.2) is 17.3 Å². The van der Waals surface area contributed by atoms with E-state index in [2.05, 4.69) is 15.5 Å². The summed E-state index contributed by atoms with van der Waals surface area (Å²) in [6.45, 7) is 0. The molecule has 0 unspecified atom stereocenters. The predicted molar refractivity (Wildman–Crippen MR) is 112 cm³/mol. The van der Waals surface area contributed by atoms with E-state index in [-0.39, 0.29) is 5.91 Å². The number of aromatic nitrogens is 2. The smallest absolute Gasteiger partial charge is 0.225 e. The van der Waals surface area contributed by atoms with Crippen molar-refractivity contribution in [1.29, 1.82) is 0 Å². The molecule has 3 rings (SSSR count). The van der Waals surface area contributed by atoms with Crippen molar-refractivity contribution >= 4 is 11.7 Å². The molecule has 2 aromatic rings. The number of benzene rings is 1. The van der Waals surface area contributed by atoms with E-state index >= 15 is 0 Å². The van der Waals surface area contributed by atoms with Gasteiger partial charge in [-0.1, -0.05) is 38.2 Å². The van der Waals surface area contributed by atoms with E-state index in [1.54, 1.807) is 21.3 Å². The number of hydrogen-bond donors (Lipinski definition) is 2. The van der Waals surface area contributed by atoms with Gasteiger partial charge < -0.3 is 19.5 Å². The summed E-state index contributed by atoms with van der Waals surface area (Å²) in [6, 6.07) is 5.66. The molecular weight excluding hydrogens is 370 g/mol. The van der Waals surface area contributed by atoms with Gasteiger partial charge >= 0.3 is 0 Å². The first-order valence-corrected chi connectivity index (χ1v) is 10.3. The largest absolute Gasteiger partial charge is 0.493 e.